The first-order valence-corrected chi connectivity index (χ1v) is 10.2. The van der Waals surface area contributed by atoms with Gasteiger partial charge in [-0.05, 0) is 55.0 Å². The molecule has 8 heteroatoms. The summed E-state index contributed by atoms with van der Waals surface area (Å²) >= 11 is 0. The molecule has 1 aliphatic rings. The number of anilines is 2. The van der Waals surface area contributed by atoms with Gasteiger partial charge in [-0.1, -0.05) is 24.3 Å². The fraction of sp³-hybridized carbons (Fsp3) is 0.0952. The molecule has 0 N–H and O–H groups in total. The van der Waals surface area contributed by atoms with E-state index in [0.717, 1.165) is 28.7 Å². The number of carbonyl (C=O) groups excluding carboxylic acids is 1. The third kappa shape index (κ3) is 3.25. The monoisotopic (exact) mass is 414 g/mol. The van der Waals surface area contributed by atoms with Crippen molar-refractivity contribution in [3.8, 4) is 0 Å². The lowest BCUT2D eigenvalue weighted by Crippen LogP contribution is -2.50. The Balaban J connectivity index is 1.89. The van der Waals surface area contributed by atoms with E-state index in [1.54, 1.807) is 37.3 Å². The number of carbonyl (C=O) groups is 1. The second kappa shape index (κ2) is 6.97. The molecule has 0 aromatic heterocycles. The van der Waals surface area contributed by atoms with Gasteiger partial charge in [-0.3, -0.25) is 4.90 Å². The lowest BCUT2D eigenvalue weighted by Gasteiger charge is -2.36. The van der Waals surface area contributed by atoms with Crippen molar-refractivity contribution >= 4 is 27.4 Å². The van der Waals surface area contributed by atoms with Crippen molar-refractivity contribution in [2.24, 2.45) is 0 Å². The maximum Gasteiger partial charge on any atom is 0.343 e. The van der Waals surface area contributed by atoms with Crippen molar-refractivity contribution in [2.45, 2.75) is 18.4 Å². The number of nitrogens with zero attached hydrogens (tertiary/aromatic N) is 2. The first-order chi connectivity index (χ1) is 13.8. The summed E-state index contributed by atoms with van der Waals surface area (Å²) in [5.74, 6) is -1.34. The van der Waals surface area contributed by atoms with E-state index in [9.17, 15) is 22.0 Å². The van der Waals surface area contributed by atoms with Gasteiger partial charge >= 0.3 is 6.03 Å². The van der Waals surface area contributed by atoms with Gasteiger partial charge < -0.3 is 0 Å². The molecular weight excluding hydrogens is 398 g/mol. The van der Waals surface area contributed by atoms with Crippen LogP contribution in [-0.2, 0) is 16.6 Å². The molecule has 0 bridgehead atoms. The van der Waals surface area contributed by atoms with Crippen LogP contribution in [0.5, 0.6) is 0 Å². The molecule has 0 fully saturated rings. The van der Waals surface area contributed by atoms with Gasteiger partial charge in [0.1, 0.15) is 16.5 Å². The number of amides is 2. The van der Waals surface area contributed by atoms with Crippen molar-refractivity contribution in [3.63, 3.8) is 0 Å². The number of para-hydroxylation sites is 1. The van der Waals surface area contributed by atoms with Gasteiger partial charge in [0.2, 0.25) is 0 Å². The summed E-state index contributed by atoms with van der Waals surface area (Å²) in [6.07, 6.45) is 0. The zero-order valence-electron chi connectivity index (χ0n) is 15.3. The standard InChI is InChI=1S/C21H16F2N2O3S/c1-14-5-4-6-17(11-14)25-21(26)24(13-15-12-16(22)9-10-18(15)23)19-7-2-3-8-20(19)29(25,27)28/h2-12H,13H2,1H3. The van der Waals surface area contributed by atoms with E-state index in [4.69, 9.17) is 0 Å². The Morgan fingerprint density at radius 3 is 2.45 bits per heavy atom. The normalized spacial score (nSPS) is 15.3. The predicted octanol–water partition coefficient (Wildman–Crippen LogP) is 4.61. The van der Waals surface area contributed by atoms with Gasteiger partial charge in [0.25, 0.3) is 10.0 Å². The number of urea groups is 1. The number of fused-ring (bicyclic) bond motifs is 1. The summed E-state index contributed by atoms with van der Waals surface area (Å²) in [5, 5.41) is 0. The topological polar surface area (TPSA) is 57.7 Å². The summed E-state index contributed by atoms with van der Waals surface area (Å²) in [4.78, 5) is 14.3. The zero-order chi connectivity index (χ0) is 20.8. The molecule has 4 rings (SSSR count). The fourth-order valence-electron chi connectivity index (χ4n) is 3.30. The van der Waals surface area contributed by atoms with Crippen LogP contribution in [0.2, 0.25) is 0 Å². The minimum atomic E-state index is -4.17. The Morgan fingerprint density at radius 1 is 0.931 bits per heavy atom. The molecule has 0 spiro atoms. The average molecular weight is 414 g/mol. The molecule has 0 saturated heterocycles. The van der Waals surface area contributed by atoms with E-state index >= 15 is 0 Å². The number of sulfonamides is 1. The van der Waals surface area contributed by atoms with Crippen LogP contribution in [0.15, 0.2) is 71.6 Å². The summed E-state index contributed by atoms with van der Waals surface area (Å²) in [5.41, 5.74) is 1.00. The van der Waals surface area contributed by atoms with Gasteiger partial charge in [0, 0.05) is 5.56 Å². The molecule has 0 atom stereocenters. The molecule has 148 valence electrons. The lowest BCUT2D eigenvalue weighted by atomic mass is 10.1. The molecule has 3 aromatic carbocycles. The maximum atomic E-state index is 14.2. The summed E-state index contributed by atoms with van der Waals surface area (Å²) in [7, 11) is -4.17. The van der Waals surface area contributed by atoms with Crippen LogP contribution >= 0.6 is 0 Å². The Morgan fingerprint density at radius 2 is 1.69 bits per heavy atom. The van der Waals surface area contributed by atoms with Crippen LogP contribution in [-0.4, -0.2) is 14.4 Å². The van der Waals surface area contributed by atoms with Crippen LogP contribution in [0.1, 0.15) is 11.1 Å². The highest BCUT2D eigenvalue weighted by molar-refractivity contribution is 7.94. The largest absolute Gasteiger partial charge is 0.343 e. The summed E-state index contributed by atoms with van der Waals surface area (Å²) in [6.45, 7) is 1.45. The molecule has 1 aliphatic heterocycles. The van der Waals surface area contributed by atoms with Gasteiger partial charge in [-0.25, -0.2) is 22.0 Å². The first-order valence-electron chi connectivity index (χ1n) is 8.75. The highest BCUT2D eigenvalue weighted by atomic mass is 32.2. The highest BCUT2D eigenvalue weighted by Crippen LogP contribution is 2.38. The molecule has 0 aliphatic carbocycles. The SMILES string of the molecule is Cc1cccc(N2C(=O)N(Cc3cc(F)ccc3F)c3ccccc3S2(=O)=O)c1. The third-order valence-electron chi connectivity index (χ3n) is 4.65. The Hall–Kier alpha value is -3.26. The molecule has 29 heavy (non-hydrogen) atoms. The molecule has 5 nitrogen and oxygen atoms in total. The third-order valence-corrected chi connectivity index (χ3v) is 6.40. The summed E-state index contributed by atoms with van der Waals surface area (Å²) < 4.78 is 54.9. The van der Waals surface area contributed by atoms with Gasteiger partial charge in [0.15, 0.2) is 0 Å². The van der Waals surface area contributed by atoms with E-state index in [-0.39, 0.29) is 28.4 Å². The van der Waals surface area contributed by atoms with E-state index < -0.39 is 27.7 Å². The number of benzene rings is 3. The number of aryl methyl sites for hydroxylation is 1. The number of halogens is 2. The average Bonchev–Trinajstić information content (AvgIpc) is 2.68. The van der Waals surface area contributed by atoms with Gasteiger partial charge in [-0.2, -0.15) is 4.31 Å². The second-order valence-electron chi connectivity index (χ2n) is 6.68. The van der Waals surface area contributed by atoms with E-state index in [1.165, 1.54) is 18.2 Å². The lowest BCUT2D eigenvalue weighted by molar-refractivity contribution is 0.253. The molecule has 0 radical (unpaired) electrons. The Labute approximate surface area is 166 Å². The minimum Gasteiger partial charge on any atom is -0.287 e. The van der Waals surface area contributed by atoms with Crippen molar-refractivity contribution in [1.29, 1.82) is 0 Å². The highest BCUT2D eigenvalue weighted by Gasteiger charge is 2.42. The van der Waals surface area contributed by atoms with Crippen molar-refractivity contribution < 1.29 is 22.0 Å². The predicted molar refractivity (Wildman–Crippen MR) is 105 cm³/mol. The van der Waals surface area contributed by atoms with E-state index in [1.807, 2.05) is 0 Å². The zero-order valence-corrected chi connectivity index (χ0v) is 16.2. The molecule has 3 aromatic rings. The second-order valence-corrected chi connectivity index (χ2v) is 8.44. The number of rotatable bonds is 3. The number of hydrogen-bond donors (Lipinski definition) is 0. The van der Waals surface area contributed by atoms with Gasteiger partial charge in [-0.15, -0.1) is 0 Å². The Kier molecular flexibility index (Phi) is 4.58. The van der Waals surface area contributed by atoms with Crippen molar-refractivity contribution in [2.75, 3.05) is 9.21 Å². The van der Waals surface area contributed by atoms with Crippen LogP contribution in [0.4, 0.5) is 25.0 Å². The minimum absolute atomic E-state index is 0.0587. The molecule has 0 unspecified atom stereocenters. The quantitative estimate of drug-likeness (QED) is 0.629. The van der Waals surface area contributed by atoms with Crippen LogP contribution in [0.3, 0.4) is 0 Å². The molecule has 0 saturated carbocycles. The first kappa shape index (κ1) is 19.1. The van der Waals surface area contributed by atoms with Crippen molar-refractivity contribution in [3.05, 3.63) is 89.5 Å². The van der Waals surface area contributed by atoms with Gasteiger partial charge in [0.05, 0.1) is 17.9 Å². The van der Waals surface area contributed by atoms with E-state index in [2.05, 4.69) is 0 Å². The van der Waals surface area contributed by atoms with Crippen LogP contribution in [0.25, 0.3) is 0 Å². The fourth-order valence-corrected chi connectivity index (χ4v) is 4.89. The Bertz CT molecular complexity index is 1230. The van der Waals surface area contributed by atoms with E-state index in [0.29, 0.717) is 4.31 Å². The molecule has 2 amide bonds. The van der Waals surface area contributed by atoms with Crippen LogP contribution < -0.4 is 9.21 Å². The summed E-state index contributed by atoms with van der Waals surface area (Å²) in [6, 6.07) is 14.6. The number of hydrogen-bond acceptors (Lipinski definition) is 3. The smallest absolute Gasteiger partial charge is 0.287 e. The molecule has 1 heterocycles. The molecular formula is C21H16F2N2O3S. The van der Waals surface area contributed by atoms with Crippen LogP contribution in [0, 0.1) is 18.6 Å². The maximum absolute atomic E-state index is 14.2. The van der Waals surface area contributed by atoms with Crippen molar-refractivity contribution in [1.82, 2.24) is 0 Å².